The van der Waals surface area contributed by atoms with Gasteiger partial charge in [0.05, 0.1) is 18.1 Å². The topological polar surface area (TPSA) is 96.6 Å². The Balaban J connectivity index is 1.58. The molecule has 1 aromatic carbocycles. The molecule has 0 saturated carbocycles. The monoisotopic (exact) mass is 352 g/mol. The first-order valence-electron chi connectivity index (χ1n) is 7.70. The first kappa shape index (κ1) is 16.8. The Hall–Kier alpha value is -2.00. The minimum absolute atomic E-state index is 0.0554. The number of aromatic nitrogens is 2. The van der Waals surface area contributed by atoms with Crippen molar-refractivity contribution in [3.05, 3.63) is 23.8 Å². The number of hydrogen-bond acceptors (Lipinski definition) is 7. The number of nitrogens with zero attached hydrogens (tertiary/aromatic N) is 4. The second-order valence-corrected chi connectivity index (χ2v) is 8.54. The van der Waals surface area contributed by atoms with E-state index in [4.69, 9.17) is 0 Å². The number of rotatable bonds is 5. The van der Waals surface area contributed by atoms with Crippen molar-refractivity contribution in [2.45, 2.75) is 19.0 Å². The van der Waals surface area contributed by atoms with Gasteiger partial charge in [0, 0.05) is 19.6 Å². The molecule has 2 heterocycles. The number of carbonyl (C=O) groups excluding carboxylic acids is 1. The van der Waals surface area contributed by atoms with Crippen LogP contribution < -0.4 is 0 Å². The summed E-state index contributed by atoms with van der Waals surface area (Å²) in [6.07, 6.45) is 0.589. The van der Waals surface area contributed by atoms with Gasteiger partial charge in [-0.15, -0.1) is 0 Å². The fourth-order valence-corrected chi connectivity index (χ4v) is 4.68. The van der Waals surface area contributed by atoms with Crippen LogP contribution in [-0.2, 0) is 21.2 Å². The SMILES string of the molecule is CN(Cc1ccc2nonc2c1)C(=O)CN(C)[C@@H]1CCS(=O)(=O)C1. The Morgan fingerprint density at radius 3 is 2.75 bits per heavy atom. The predicted octanol–water partition coefficient (Wildman–Crippen LogP) is 0.300. The average Bonchev–Trinajstić information content (AvgIpc) is 3.12. The number of likely N-dealkylation sites (N-methyl/N-ethyl adjacent to an activating group) is 2. The second kappa shape index (κ2) is 6.48. The number of fused-ring (bicyclic) bond motifs is 1. The molecule has 9 heteroatoms. The van der Waals surface area contributed by atoms with E-state index in [-0.39, 0.29) is 30.0 Å². The van der Waals surface area contributed by atoms with E-state index in [1.165, 1.54) is 0 Å². The fourth-order valence-electron chi connectivity index (χ4n) is 2.87. The number of benzene rings is 1. The Morgan fingerprint density at radius 2 is 2.04 bits per heavy atom. The number of amides is 1. The summed E-state index contributed by atoms with van der Waals surface area (Å²) in [5.74, 6) is 0.286. The maximum Gasteiger partial charge on any atom is 0.236 e. The van der Waals surface area contributed by atoms with E-state index in [1.54, 1.807) is 25.1 Å². The van der Waals surface area contributed by atoms with Crippen LogP contribution in [0.3, 0.4) is 0 Å². The molecule has 1 aromatic heterocycles. The van der Waals surface area contributed by atoms with E-state index in [2.05, 4.69) is 14.9 Å². The van der Waals surface area contributed by atoms with Crippen LogP contribution in [0, 0.1) is 0 Å². The lowest BCUT2D eigenvalue weighted by atomic mass is 10.2. The van der Waals surface area contributed by atoms with Crippen LogP contribution in [0.5, 0.6) is 0 Å². The molecule has 1 amide bonds. The molecule has 1 saturated heterocycles. The molecular weight excluding hydrogens is 332 g/mol. The van der Waals surface area contributed by atoms with E-state index in [9.17, 15) is 13.2 Å². The Morgan fingerprint density at radius 1 is 1.29 bits per heavy atom. The summed E-state index contributed by atoms with van der Waals surface area (Å²) in [6, 6.07) is 5.44. The van der Waals surface area contributed by atoms with Gasteiger partial charge in [0.1, 0.15) is 11.0 Å². The molecule has 3 rings (SSSR count). The van der Waals surface area contributed by atoms with E-state index in [0.29, 0.717) is 24.0 Å². The van der Waals surface area contributed by atoms with E-state index < -0.39 is 9.84 Å². The highest BCUT2D eigenvalue weighted by atomic mass is 32.2. The first-order valence-corrected chi connectivity index (χ1v) is 9.52. The summed E-state index contributed by atoms with van der Waals surface area (Å²) >= 11 is 0. The van der Waals surface area contributed by atoms with E-state index in [0.717, 1.165) is 5.56 Å². The van der Waals surface area contributed by atoms with Crippen molar-refractivity contribution < 1.29 is 17.8 Å². The van der Waals surface area contributed by atoms with Crippen LogP contribution in [0.25, 0.3) is 11.0 Å². The van der Waals surface area contributed by atoms with Gasteiger partial charge in [0.15, 0.2) is 9.84 Å². The molecule has 0 N–H and O–H groups in total. The zero-order chi connectivity index (χ0) is 17.3. The summed E-state index contributed by atoms with van der Waals surface area (Å²) in [5, 5.41) is 7.54. The molecule has 24 heavy (non-hydrogen) atoms. The zero-order valence-corrected chi connectivity index (χ0v) is 14.5. The van der Waals surface area contributed by atoms with Gasteiger partial charge in [-0.2, -0.15) is 0 Å². The number of hydrogen-bond donors (Lipinski definition) is 0. The average molecular weight is 352 g/mol. The molecule has 1 aliphatic rings. The summed E-state index contributed by atoms with van der Waals surface area (Å²) in [5.41, 5.74) is 2.26. The fraction of sp³-hybridized carbons (Fsp3) is 0.533. The largest absolute Gasteiger partial charge is 0.340 e. The smallest absolute Gasteiger partial charge is 0.236 e. The third-order valence-corrected chi connectivity index (χ3v) is 6.13. The highest BCUT2D eigenvalue weighted by Crippen LogP contribution is 2.17. The van der Waals surface area contributed by atoms with Gasteiger partial charge in [-0.25, -0.2) is 13.0 Å². The van der Waals surface area contributed by atoms with Crippen LogP contribution in [0.15, 0.2) is 22.8 Å². The van der Waals surface area contributed by atoms with Crippen LogP contribution in [0.2, 0.25) is 0 Å². The summed E-state index contributed by atoms with van der Waals surface area (Å²) in [7, 11) is 0.576. The van der Waals surface area contributed by atoms with Crippen LogP contribution in [0.1, 0.15) is 12.0 Å². The third-order valence-electron chi connectivity index (χ3n) is 4.38. The molecule has 0 spiro atoms. The van der Waals surface area contributed by atoms with Gasteiger partial charge in [-0.1, -0.05) is 6.07 Å². The molecule has 1 atom stereocenters. The highest BCUT2D eigenvalue weighted by Gasteiger charge is 2.31. The maximum atomic E-state index is 12.4. The lowest BCUT2D eigenvalue weighted by Crippen LogP contribution is -2.41. The van der Waals surface area contributed by atoms with Gasteiger partial charge in [0.2, 0.25) is 5.91 Å². The quantitative estimate of drug-likeness (QED) is 0.763. The van der Waals surface area contributed by atoms with Crippen LogP contribution in [-0.4, -0.2) is 72.6 Å². The summed E-state index contributed by atoms with van der Waals surface area (Å²) in [4.78, 5) is 15.8. The summed E-state index contributed by atoms with van der Waals surface area (Å²) in [6.45, 7) is 0.642. The predicted molar refractivity (Wildman–Crippen MR) is 88.0 cm³/mol. The third kappa shape index (κ3) is 3.73. The molecule has 1 aliphatic heterocycles. The standard InChI is InChI=1S/C15H20N4O4S/c1-18(12-5-6-24(21,22)10-12)9-15(20)19(2)8-11-3-4-13-14(7-11)17-23-16-13/h3-4,7,12H,5-6,8-10H2,1-2H3/t12-/m1/s1. The molecular formula is C15H20N4O4S. The number of carbonyl (C=O) groups is 1. The van der Waals surface area contributed by atoms with Crippen molar-refractivity contribution in [3.63, 3.8) is 0 Å². The van der Waals surface area contributed by atoms with Crippen molar-refractivity contribution in [1.82, 2.24) is 20.1 Å². The van der Waals surface area contributed by atoms with Crippen molar-refractivity contribution in [2.24, 2.45) is 0 Å². The van der Waals surface area contributed by atoms with Gasteiger partial charge in [-0.05, 0) is 41.5 Å². The van der Waals surface area contributed by atoms with E-state index >= 15 is 0 Å². The number of sulfone groups is 1. The summed E-state index contributed by atoms with van der Waals surface area (Å²) < 4.78 is 27.8. The van der Waals surface area contributed by atoms with Crippen molar-refractivity contribution in [2.75, 3.05) is 32.1 Å². The van der Waals surface area contributed by atoms with Crippen molar-refractivity contribution >= 4 is 26.8 Å². The van der Waals surface area contributed by atoms with Gasteiger partial charge < -0.3 is 4.90 Å². The maximum absolute atomic E-state index is 12.4. The lowest BCUT2D eigenvalue weighted by molar-refractivity contribution is -0.131. The molecule has 1 fully saturated rings. The zero-order valence-electron chi connectivity index (χ0n) is 13.7. The van der Waals surface area contributed by atoms with Crippen LogP contribution >= 0.6 is 0 Å². The molecule has 0 bridgehead atoms. The van der Waals surface area contributed by atoms with Gasteiger partial charge in [-0.3, -0.25) is 9.69 Å². The first-order chi connectivity index (χ1) is 11.3. The lowest BCUT2D eigenvalue weighted by Gasteiger charge is -2.25. The highest BCUT2D eigenvalue weighted by molar-refractivity contribution is 7.91. The van der Waals surface area contributed by atoms with Gasteiger partial charge in [0.25, 0.3) is 0 Å². The molecule has 130 valence electrons. The minimum atomic E-state index is -2.95. The molecule has 0 unspecified atom stereocenters. The Labute approximate surface area is 140 Å². The molecule has 0 radical (unpaired) electrons. The van der Waals surface area contributed by atoms with Crippen molar-refractivity contribution in [3.8, 4) is 0 Å². The van der Waals surface area contributed by atoms with E-state index in [1.807, 2.05) is 17.0 Å². The van der Waals surface area contributed by atoms with Gasteiger partial charge >= 0.3 is 0 Å². The van der Waals surface area contributed by atoms with Crippen molar-refractivity contribution in [1.29, 1.82) is 0 Å². The molecule has 8 nitrogen and oxygen atoms in total. The van der Waals surface area contributed by atoms with Crippen LogP contribution in [0.4, 0.5) is 0 Å². The molecule has 0 aliphatic carbocycles. The Bertz CT molecular complexity index is 848. The Kier molecular flexibility index (Phi) is 4.55. The molecule has 2 aromatic rings. The minimum Gasteiger partial charge on any atom is -0.340 e. The normalized spacial score (nSPS) is 19.9. The second-order valence-electron chi connectivity index (χ2n) is 6.31.